The minimum absolute atomic E-state index is 0. The number of hydrogen-bond donors (Lipinski definition) is 2. The van der Waals surface area contributed by atoms with Gasteiger partial charge in [-0.2, -0.15) is 13.2 Å². The molecule has 1 aromatic rings. The van der Waals surface area contributed by atoms with Crippen molar-refractivity contribution < 1.29 is 13.2 Å². The van der Waals surface area contributed by atoms with Gasteiger partial charge in [0.2, 0.25) is 0 Å². The summed E-state index contributed by atoms with van der Waals surface area (Å²) in [6, 6.07) is 10.6. The highest BCUT2D eigenvalue weighted by atomic mass is 127. The van der Waals surface area contributed by atoms with Crippen LogP contribution in [0.15, 0.2) is 35.3 Å². The Morgan fingerprint density at radius 2 is 1.82 bits per heavy atom. The summed E-state index contributed by atoms with van der Waals surface area (Å²) in [4.78, 5) is 7.90. The minimum atomic E-state index is -4.17. The molecule has 0 radical (unpaired) electrons. The maximum absolute atomic E-state index is 12.4. The van der Waals surface area contributed by atoms with E-state index in [4.69, 9.17) is 0 Å². The second kappa shape index (κ2) is 12.5. The molecular weight excluding hydrogens is 482 g/mol. The third-order valence-corrected chi connectivity index (χ3v) is 4.69. The average molecular weight is 513 g/mol. The summed E-state index contributed by atoms with van der Waals surface area (Å²) >= 11 is 0. The van der Waals surface area contributed by atoms with Crippen LogP contribution < -0.4 is 10.6 Å². The number of guanidine groups is 1. The van der Waals surface area contributed by atoms with E-state index in [-0.39, 0.29) is 36.6 Å². The first-order valence-corrected chi connectivity index (χ1v) is 9.38. The van der Waals surface area contributed by atoms with Crippen LogP contribution in [0.25, 0.3) is 0 Å². The molecule has 0 amide bonds. The van der Waals surface area contributed by atoms with Crippen LogP contribution in [0.2, 0.25) is 0 Å². The van der Waals surface area contributed by atoms with Crippen LogP contribution in [-0.2, 0) is 0 Å². The van der Waals surface area contributed by atoms with Crippen LogP contribution in [0.5, 0.6) is 0 Å². The minimum Gasteiger partial charge on any atom is -0.355 e. The molecule has 5 nitrogen and oxygen atoms in total. The van der Waals surface area contributed by atoms with Crippen molar-refractivity contribution in [2.45, 2.75) is 25.1 Å². The molecule has 0 bridgehead atoms. The fourth-order valence-corrected chi connectivity index (χ4v) is 3.35. The second-order valence-electron chi connectivity index (χ2n) is 6.90. The van der Waals surface area contributed by atoms with Gasteiger partial charge in [-0.3, -0.25) is 14.8 Å². The topological polar surface area (TPSA) is 42.9 Å². The average Bonchev–Trinajstić information content (AvgIpc) is 3.14. The van der Waals surface area contributed by atoms with Crippen LogP contribution in [-0.4, -0.2) is 75.3 Å². The van der Waals surface area contributed by atoms with Crippen molar-refractivity contribution in [1.29, 1.82) is 0 Å². The Balaban J connectivity index is 0.00000392. The highest BCUT2D eigenvalue weighted by Gasteiger charge is 2.29. The molecule has 2 rings (SSSR count). The summed E-state index contributed by atoms with van der Waals surface area (Å²) in [5, 5.41) is 6.42. The van der Waals surface area contributed by atoms with Crippen molar-refractivity contribution in [3.05, 3.63) is 35.9 Å². The number of likely N-dealkylation sites (tertiary alicyclic amines) is 1. The van der Waals surface area contributed by atoms with Crippen LogP contribution in [0.4, 0.5) is 13.2 Å². The molecule has 0 saturated carbocycles. The number of rotatable bonds is 8. The predicted molar refractivity (Wildman–Crippen MR) is 118 cm³/mol. The second-order valence-corrected chi connectivity index (χ2v) is 6.90. The fraction of sp³-hybridized carbons (Fsp3) is 0.632. The number of nitrogens with one attached hydrogen (secondary N) is 2. The lowest BCUT2D eigenvalue weighted by atomic mass is 10.1. The number of benzene rings is 1. The van der Waals surface area contributed by atoms with Gasteiger partial charge in [-0.05, 0) is 38.5 Å². The molecule has 1 heterocycles. The third kappa shape index (κ3) is 8.95. The van der Waals surface area contributed by atoms with Crippen LogP contribution in [0, 0.1) is 0 Å². The first-order chi connectivity index (χ1) is 12.9. The zero-order valence-corrected chi connectivity index (χ0v) is 18.8. The van der Waals surface area contributed by atoms with Gasteiger partial charge in [-0.25, -0.2) is 0 Å². The van der Waals surface area contributed by atoms with Crippen molar-refractivity contribution in [1.82, 2.24) is 20.4 Å². The summed E-state index contributed by atoms with van der Waals surface area (Å²) in [7, 11) is 3.13. The number of likely N-dealkylation sites (N-methyl/N-ethyl adjacent to an activating group) is 1. The van der Waals surface area contributed by atoms with Gasteiger partial charge in [0.1, 0.15) is 0 Å². The lowest BCUT2D eigenvalue weighted by molar-refractivity contribution is -0.142. The summed E-state index contributed by atoms with van der Waals surface area (Å²) in [5.41, 5.74) is 1.26. The van der Waals surface area contributed by atoms with E-state index in [2.05, 4.69) is 32.7 Å². The third-order valence-electron chi connectivity index (χ3n) is 4.69. The monoisotopic (exact) mass is 513 g/mol. The highest BCUT2D eigenvalue weighted by molar-refractivity contribution is 14.0. The van der Waals surface area contributed by atoms with E-state index in [0.29, 0.717) is 19.0 Å². The molecule has 1 aromatic carbocycles. The van der Waals surface area contributed by atoms with E-state index < -0.39 is 12.7 Å². The molecule has 1 aliphatic heterocycles. The summed E-state index contributed by atoms with van der Waals surface area (Å²) in [6.45, 7) is 2.62. The van der Waals surface area contributed by atoms with Crippen molar-refractivity contribution in [2.75, 3.05) is 53.4 Å². The van der Waals surface area contributed by atoms with Crippen molar-refractivity contribution in [2.24, 2.45) is 4.99 Å². The van der Waals surface area contributed by atoms with E-state index in [0.717, 1.165) is 13.1 Å². The van der Waals surface area contributed by atoms with Crippen molar-refractivity contribution >= 4 is 29.9 Å². The molecule has 1 fully saturated rings. The van der Waals surface area contributed by atoms with Gasteiger partial charge >= 0.3 is 6.18 Å². The first kappa shape index (κ1) is 25.0. The maximum Gasteiger partial charge on any atom is 0.401 e. The zero-order chi connectivity index (χ0) is 19.7. The maximum atomic E-state index is 12.4. The number of aliphatic imine (C=N–C) groups is 1. The molecule has 0 spiro atoms. The lowest BCUT2D eigenvalue weighted by Gasteiger charge is -2.29. The molecule has 0 aliphatic carbocycles. The van der Waals surface area contributed by atoms with E-state index in [9.17, 15) is 13.2 Å². The van der Waals surface area contributed by atoms with Gasteiger partial charge in [0.15, 0.2) is 5.96 Å². The quantitative estimate of drug-likeness (QED) is 0.319. The van der Waals surface area contributed by atoms with Crippen LogP contribution in [0.1, 0.15) is 24.4 Å². The standard InChI is InChI=1S/C19H30F3N5.HI/c1-23-18(24-10-13-26(2)15-19(20,21)22)25-14-17(27-11-6-7-12-27)16-8-4-3-5-9-16;/h3-5,8-9,17H,6-7,10-15H2,1-2H3,(H2,23,24,25);1H. The molecular formula is C19H31F3IN5. The van der Waals surface area contributed by atoms with Gasteiger partial charge in [-0.15, -0.1) is 24.0 Å². The molecule has 1 saturated heterocycles. The lowest BCUT2D eigenvalue weighted by Crippen LogP contribution is -2.45. The van der Waals surface area contributed by atoms with Gasteiger partial charge in [0.25, 0.3) is 0 Å². The Bertz CT molecular complexity index is 577. The molecule has 160 valence electrons. The molecule has 28 heavy (non-hydrogen) atoms. The Morgan fingerprint density at radius 1 is 1.18 bits per heavy atom. The fourth-order valence-electron chi connectivity index (χ4n) is 3.35. The predicted octanol–water partition coefficient (Wildman–Crippen LogP) is 3.10. The molecule has 1 unspecified atom stereocenters. The van der Waals surface area contributed by atoms with Gasteiger partial charge in [0, 0.05) is 26.7 Å². The zero-order valence-electron chi connectivity index (χ0n) is 16.5. The van der Waals surface area contributed by atoms with Gasteiger partial charge < -0.3 is 10.6 Å². The molecule has 0 aromatic heterocycles. The Hall–Kier alpha value is -1.07. The van der Waals surface area contributed by atoms with Gasteiger partial charge in [-0.1, -0.05) is 30.3 Å². The molecule has 9 heteroatoms. The van der Waals surface area contributed by atoms with Crippen molar-refractivity contribution in [3.8, 4) is 0 Å². The van der Waals surface area contributed by atoms with Crippen LogP contribution in [0.3, 0.4) is 0 Å². The number of halogens is 4. The first-order valence-electron chi connectivity index (χ1n) is 9.38. The van der Waals surface area contributed by atoms with E-state index >= 15 is 0 Å². The smallest absolute Gasteiger partial charge is 0.355 e. The Labute approximate surface area is 182 Å². The molecule has 1 atom stereocenters. The number of nitrogens with zero attached hydrogens (tertiary/aromatic N) is 3. The Morgan fingerprint density at radius 3 is 2.39 bits per heavy atom. The van der Waals surface area contributed by atoms with E-state index in [1.165, 1.54) is 30.4 Å². The largest absolute Gasteiger partial charge is 0.401 e. The number of hydrogen-bond acceptors (Lipinski definition) is 3. The van der Waals surface area contributed by atoms with Crippen LogP contribution >= 0.6 is 24.0 Å². The van der Waals surface area contributed by atoms with Gasteiger partial charge in [0.05, 0.1) is 12.6 Å². The SMILES string of the molecule is CN=C(NCCN(C)CC(F)(F)F)NCC(c1ccccc1)N1CCCC1.I. The van der Waals surface area contributed by atoms with E-state index in [1.54, 1.807) is 7.05 Å². The van der Waals surface area contributed by atoms with Crippen molar-refractivity contribution in [3.63, 3.8) is 0 Å². The Kier molecular flexibility index (Phi) is 11.1. The molecule has 2 N–H and O–H groups in total. The highest BCUT2D eigenvalue weighted by Crippen LogP contribution is 2.24. The summed E-state index contributed by atoms with van der Waals surface area (Å²) in [5.74, 6) is 0.607. The summed E-state index contributed by atoms with van der Waals surface area (Å²) < 4.78 is 37.1. The van der Waals surface area contributed by atoms with E-state index in [1.807, 2.05) is 18.2 Å². The normalized spacial score (nSPS) is 16.7. The molecule has 1 aliphatic rings. The summed E-state index contributed by atoms with van der Waals surface area (Å²) in [6.07, 6.45) is -1.75. The number of alkyl halides is 3.